The molecular formula is C78H137O14+. The van der Waals surface area contributed by atoms with E-state index < -0.39 is 0 Å². The Bertz CT molecular complexity index is 2010. The second kappa shape index (κ2) is 65.6. The van der Waals surface area contributed by atoms with Crippen LogP contribution >= 0.6 is 0 Å². The largest absolute Gasteiger partial charge is 0.469 e. The Hall–Kier alpha value is -4.09. The summed E-state index contributed by atoms with van der Waals surface area (Å²) in [6.45, 7) is 30.7. The molecule has 1 aliphatic heterocycles. The van der Waals surface area contributed by atoms with Crippen LogP contribution in [0, 0.1) is 6.92 Å². The molecule has 14 nitrogen and oxygen atoms in total. The second-order valence-electron chi connectivity index (χ2n) is 24.6. The Balaban J connectivity index is 0.00000109. The van der Waals surface area contributed by atoms with Crippen LogP contribution in [0.4, 0.5) is 0 Å². The highest BCUT2D eigenvalue weighted by molar-refractivity contribution is 5.10. The third-order valence-electron chi connectivity index (χ3n) is 15.4. The molecule has 6 heterocycles. The van der Waals surface area contributed by atoms with Gasteiger partial charge in [0.25, 0.3) is 0 Å². The van der Waals surface area contributed by atoms with Crippen molar-refractivity contribution in [3.8, 4) is 0 Å². The summed E-state index contributed by atoms with van der Waals surface area (Å²) >= 11 is 0. The van der Waals surface area contributed by atoms with E-state index in [4.69, 9.17) is 65.8 Å². The van der Waals surface area contributed by atoms with Gasteiger partial charge in [0.15, 0.2) is 5.76 Å². The van der Waals surface area contributed by atoms with Crippen molar-refractivity contribution in [3.05, 3.63) is 128 Å². The lowest BCUT2D eigenvalue weighted by molar-refractivity contribution is -0.203. The quantitative estimate of drug-likeness (QED) is 0.0190. The topological polar surface area (TPSA) is 182 Å². The van der Waals surface area contributed by atoms with Gasteiger partial charge >= 0.3 is 0 Å². The van der Waals surface area contributed by atoms with E-state index >= 15 is 0 Å². The van der Waals surface area contributed by atoms with Crippen LogP contribution in [-0.2, 0) is 48.1 Å². The zero-order chi connectivity index (χ0) is 67.8. The van der Waals surface area contributed by atoms with Gasteiger partial charge < -0.3 is 65.8 Å². The molecule has 7 atom stereocenters. The first-order chi connectivity index (χ1) is 44.8. The molecule has 7 unspecified atom stereocenters. The summed E-state index contributed by atoms with van der Waals surface area (Å²) in [5.74, 6) is 4.16. The predicted molar refractivity (Wildman–Crippen MR) is 377 cm³/mol. The van der Waals surface area contributed by atoms with Crippen LogP contribution in [0.1, 0.15) is 310 Å². The molecule has 0 spiro atoms. The fourth-order valence-electron chi connectivity index (χ4n) is 9.36. The highest BCUT2D eigenvalue weighted by Gasteiger charge is 2.22. The Labute approximate surface area is 561 Å². The number of furan rings is 5. The van der Waals surface area contributed by atoms with Crippen LogP contribution in [0.3, 0.4) is 0 Å². The van der Waals surface area contributed by atoms with Crippen LogP contribution in [0.2, 0.25) is 0 Å². The minimum absolute atomic E-state index is 0.00694. The van der Waals surface area contributed by atoms with Gasteiger partial charge in [0.2, 0.25) is 6.29 Å². The van der Waals surface area contributed by atoms with E-state index in [1.54, 1.807) is 44.1 Å². The zero-order valence-corrected chi connectivity index (χ0v) is 60.2. The zero-order valence-electron chi connectivity index (χ0n) is 60.2. The molecule has 0 aromatic carbocycles. The van der Waals surface area contributed by atoms with Crippen molar-refractivity contribution in [3.63, 3.8) is 0 Å². The van der Waals surface area contributed by atoms with Crippen molar-refractivity contribution in [1.82, 2.24) is 0 Å². The Kier molecular flexibility index (Phi) is 62.7. The number of ether oxygens (including phenoxy) is 6. The first kappa shape index (κ1) is 87.9. The van der Waals surface area contributed by atoms with Crippen LogP contribution in [-0.4, -0.2) is 84.5 Å². The lowest BCUT2D eigenvalue weighted by Gasteiger charge is -2.24. The molecule has 3 N–H and O–H groups in total. The summed E-state index contributed by atoms with van der Waals surface area (Å²) in [6.07, 6.45) is 47.9. The van der Waals surface area contributed by atoms with Crippen LogP contribution in [0.5, 0.6) is 0 Å². The fraction of sp³-hybridized carbons (Fsp3) is 0.731. The number of rotatable bonds is 46. The number of hydrogen-bond acceptors (Lipinski definition) is 14. The molecular weight excluding hydrogens is 1160 g/mol. The summed E-state index contributed by atoms with van der Waals surface area (Å²) in [5, 5.41) is 25.3. The van der Waals surface area contributed by atoms with Crippen molar-refractivity contribution in [2.24, 2.45) is 0 Å². The Morgan fingerprint density at radius 3 is 1.26 bits per heavy atom. The van der Waals surface area contributed by atoms with Gasteiger partial charge in [0.1, 0.15) is 36.3 Å². The maximum absolute atomic E-state index is 8.60. The lowest BCUT2D eigenvalue weighted by atomic mass is 10.1. The van der Waals surface area contributed by atoms with Crippen LogP contribution in [0.25, 0.3) is 0 Å². The van der Waals surface area contributed by atoms with Gasteiger partial charge in [-0.3, -0.25) is 0 Å². The second-order valence-corrected chi connectivity index (χ2v) is 24.6. The SMILES string of the molecule is CCC(C)O.CCCCCCC(C)OC(OC(C)CCCCCC)c1ccco1.CCCCCCC(C)OCC1CCCO1.CCCCCCC(C)OCc1ccco1.OCc1ccco1.[CH2+]CCCCCC(C)OCCCCCO.c1coc(Cc2ccco2)c1. The minimum Gasteiger partial charge on any atom is -0.469 e. The first-order valence-electron chi connectivity index (χ1n) is 36.4. The monoisotopic (exact) mass is 1300 g/mol. The smallest absolute Gasteiger partial charge is 0.217 e. The van der Waals surface area contributed by atoms with Crippen LogP contribution < -0.4 is 0 Å². The molecule has 1 saturated heterocycles. The van der Waals surface area contributed by atoms with E-state index in [0.717, 1.165) is 101 Å². The molecule has 0 bridgehead atoms. The molecule has 0 amide bonds. The van der Waals surface area contributed by atoms with Gasteiger partial charge in [-0.15, -0.1) is 0 Å². The molecule has 14 heteroatoms. The molecule has 1 fully saturated rings. The Morgan fingerprint density at radius 2 is 0.880 bits per heavy atom. The predicted octanol–water partition coefficient (Wildman–Crippen LogP) is 22.1. The maximum Gasteiger partial charge on any atom is 0.217 e. The molecule has 5 aromatic rings. The summed E-state index contributed by atoms with van der Waals surface area (Å²) in [6, 6.07) is 18.8. The highest BCUT2D eigenvalue weighted by Crippen LogP contribution is 2.26. The maximum atomic E-state index is 8.60. The van der Waals surface area contributed by atoms with Crippen molar-refractivity contribution in [2.75, 3.05) is 26.4 Å². The van der Waals surface area contributed by atoms with E-state index in [9.17, 15) is 0 Å². The van der Waals surface area contributed by atoms with E-state index in [-0.39, 0.29) is 31.2 Å². The molecule has 5 aromatic heterocycles. The van der Waals surface area contributed by atoms with Crippen molar-refractivity contribution in [1.29, 1.82) is 0 Å². The average Bonchev–Trinajstić information content (AvgIpc) is 2.31. The van der Waals surface area contributed by atoms with Gasteiger partial charge in [-0.25, -0.2) is 0 Å². The van der Waals surface area contributed by atoms with Gasteiger partial charge in [-0.05, 0) is 186 Å². The Morgan fingerprint density at radius 1 is 0.467 bits per heavy atom. The molecule has 6 rings (SSSR count). The normalized spacial score (nSPS) is 14.7. The summed E-state index contributed by atoms with van der Waals surface area (Å²) in [4.78, 5) is 0. The summed E-state index contributed by atoms with van der Waals surface area (Å²) in [5.41, 5.74) is 0. The number of hydrogen-bond donors (Lipinski definition) is 3. The molecule has 0 saturated carbocycles. The minimum atomic E-state index is -0.387. The van der Waals surface area contributed by atoms with Crippen molar-refractivity contribution < 1.29 is 65.8 Å². The lowest BCUT2D eigenvalue weighted by Crippen LogP contribution is -2.20. The summed E-state index contributed by atoms with van der Waals surface area (Å²) < 4.78 is 60.7. The number of aliphatic hydroxyl groups is 3. The van der Waals surface area contributed by atoms with Crippen LogP contribution in [0.15, 0.2) is 114 Å². The molecule has 0 radical (unpaired) electrons. The third-order valence-corrected chi connectivity index (χ3v) is 15.4. The molecule has 532 valence electrons. The van der Waals surface area contributed by atoms with E-state index in [1.165, 1.54) is 154 Å². The van der Waals surface area contributed by atoms with E-state index in [2.05, 4.69) is 69.2 Å². The number of aliphatic hydroxyl groups excluding tert-OH is 3. The average molecular weight is 1300 g/mol. The van der Waals surface area contributed by atoms with Gasteiger partial charge in [-0.2, -0.15) is 0 Å². The van der Waals surface area contributed by atoms with Crippen molar-refractivity contribution in [2.45, 2.75) is 344 Å². The fourth-order valence-corrected chi connectivity index (χ4v) is 9.36. The third kappa shape index (κ3) is 56.3. The van der Waals surface area contributed by atoms with Gasteiger partial charge in [-0.1, -0.05) is 144 Å². The standard InChI is InChI=1S/C21H38O3.C13H26O2.C13H22O2.C13H27O2.C9H8O2.C5H6O2.C4H10O/c1-5-7-9-11-14-18(3)23-21(20-16-13-17-22-20)24-19(4)15-12-10-8-6-2;2*1-3-4-5-6-8-12(2)15-11-13-9-7-10-14-13;1-3-4-5-7-10-13(2)15-12-9-6-8-11-14;1-3-8(10-5-1)7-9-4-2-6-11-9;6-4-5-2-1-3-7-5;1-3-4(2)5/h13,16-19,21H,5-12,14-15H2,1-4H3;12-13H,3-11H2,1-2H3;7,9-10,12H,3-6,8,11H2,1-2H3;13-14H,1,3-12H2,2H3;1-6H,7H2;1-3,6H,4H2;4-5H,3H2,1-2H3/q;;;+1;;;. The van der Waals surface area contributed by atoms with Gasteiger partial charge in [0, 0.05) is 19.8 Å². The van der Waals surface area contributed by atoms with Crippen molar-refractivity contribution >= 4 is 0 Å². The molecule has 1 aliphatic rings. The van der Waals surface area contributed by atoms with E-state index in [1.807, 2.05) is 55.5 Å². The van der Waals surface area contributed by atoms with Gasteiger partial charge in [0.05, 0.1) is 100 Å². The highest BCUT2D eigenvalue weighted by atomic mass is 16.7. The number of unbranched alkanes of at least 4 members (excludes halogenated alkanes) is 17. The summed E-state index contributed by atoms with van der Waals surface area (Å²) in [7, 11) is 0. The van der Waals surface area contributed by atoms with E-state index in [0.29, 0.717) is 43.4 Å². The molecule has 0 aliphatic carbocycles. The first-order valence-corrected chi connectivity index (χ1v) is 36.4. The molecule has 92 heavy (non-hydrogen) atoms.